The number of hydrogen-bond acceptors (Lipinski definition) is 6. The quantitative estimate of drug-likeness (QED) is 0.394. The van der Waals surface area contributed by atoms with Crippen LogP contribution in [0.3, 0.4) is 0 Å². The zero-order valence-electron chi connectivity index (χ0n) is 21.3. The van der Waals surface area contributed by atoms with Crippen LogP contribution in [0.1, 0.15) is 56.7 Å². The van der Waals surface area contributed by atoms with Crippen LogP contribution in [0.15, 0.2) is 46.5 Å². The van der Waals surface area contributed by atoms with Crippen molar-refractivity contribution < 1.29 is 14.3 Å². The summed E-state index contributed by atoms with van der Waals surface area (Å²) in [4.78, 5) is 19.2. The van der Waals surface area contributed by atoms with Crippen molar-refractivity contribution in [2.24, 2.45) is 10.1 Å². The summed E-state index contributed by atoms with van der Waals surface area (Å²) < 4.78 is 11.1. The van der Waals surface area contributed by atoms with Gasteiger partial charge in [-0.25, -0.2) is 5.43 Å². The molecule has 0 bridgehead atoms. The van der Waals surface area contributed by atoms with Gasteiger partial charge in [-0.3, -0.25) is 9.79 Å². The van der Waals surface area contributed by atoms with Crippen LogP contribution in [-0.2, 0) is 5.41 Å². The summed E-state index contributed by atoms with van der Waals surface area (Å²) in [7, 11) is 3.31. The molecule has 2 heterocycles. The predicted octanol–water partition coefficient (Wildman–Crippen LogP) is 5.77. The van der Waals surface area contributed by atoms with Crippen molar-refractivity contribution in [2.45, 2.75) is 56.7 Å². The molecular weight excluding hydrogens is 496 g/mol. The van der Waals surface area contributed by atoms with Gasteiger partial charge in [-0.05, 0) is 73.1 Å². The Hall–Kier alpha value is -2.71. The summed E-state index contributed by atoms with van der Waals surface area (Å²) in [5.41, 5.74) is 8.02. The number of amides is 1. The predicted molar refractivity (Wildman–Crippen MR) is 150 cm³/mol. The number of carbonyl (C=O) groups is 1. The van der Waals surface area contributed by atoms with Gasteiger partial charge in [0.15, 0.2) is 11.5 Å². The molecule has 1 N–H and O–H groups in total. The number of benzene rings is 2. The summed E-state index contributed by atoms with van der Waals surface area (Å²) in [6.45, 7) is 7.49. The zero-order chi connectivity index (χ0) is 24.7. The van der Waals surface area contributed by atoms with E-state index in [1.165, 1.54) is 23.0 Å². The molecular formula is C27H33ClN4O3S. The van der Waals surface area contributed by atoms with Crippen LogP contribution in [0.25, 0.3) is 0 Å². The first-order valence-electron chi connectivity index (χ1n) is 12.1. The van der Waals surface area contributed by atoms with Crippen molar-refractivity contribution >= 4 is 46.6 Å². The van der Waals surface area contributed by atoms with Crippen LogP contribution in [-0.4, -0.2) is 48.8 Å². The summed E-state index contributed by atoms with van der Waals surface area (Å²) in [6.07, 6.45) is 3.25. The van der Waals surface area contributed by atoms with E-state index in [1.54, 1.807) is 14.2 Å². The molecule has 2 aromatic carbocycles. The highest BCUT2D eigenvalue weighted by Crippen LogP contribution is 2.42. The van der Waals surface area contributed by atoms with E-state index in [0.29, 0.717) is 17.5 Å². The summed E-state index contributed by atoms with van der Waals surface area (Å²) in [5, 5.41) is 4.27. The van der Waals surface area contributed by atoms with Gasteiger partial charge in [0.1, 0.15) is 5.84 Å². The second-order valence-electron chi connectivity index (χ2n) is 9.93. The average Bonchev–Trinajstić information content (AvgIpc) is 3.67. The van der Waals surface area contributed by atoms with Gasteiger partial charge in [-0.1, -0.05) is 31.7 Å². The van der Waals surface area contributed by atoms with Gasteiger partial charge in [0.2, 0.25) is 0 Å². The maximum absolute atomic E-state index is 11.7. The lowest BCUT2D eigenvalue weighted by Gasteiger charge is -2.41. The minimum atomic E-state index is -0.110. The first-order valence-corrected chi connectivity index (χ1v) is 13.0. The molecule has 9 heteroatoms. The number of rotatable bonds is 5. The van der Waals surface area contributed by atoms with Gasteiger partial charge < -0.3 is 14.4 Å². The van der Waals surface area contributed by atoms with Crippen LogP contribution < -0.4 is 19.8 Å². The standard InChI is InChI=1S/C27H32N4O3S.ClH/c1-16-24(29-30-26(32)35-16)17-6-10-21-20(14-17)27(2,3)12-13-31(21)25(28-19-8-9-19)18-7-11-22(33-4)23(15-18)34-5;/h6-7,10-11,14-16,19H,8-9,12-13H2,1-5H3,(H,30,32);1H. The summed E-state index contributed by atoms with van der Waals surface area (Å²) in [6, 6.07) is 12.9. The molecule has 1 amide bonds. The minimum Gasteiger partial charge on any atom is -0.493 e. The molecule has 0 saturated heterocycles. The normalized spacial score (nSPS) is 21.1. The Labute approximate surface area is 223 Å². The molecule has 0 aromatic heterocycles. The van der Waals surface area contributed by atoms with E-state index in [1.807, 2.05) is 19.1 Å². The Morgan fingerprint density at radius 3 is 2.56 bits per heavy atom. The maximum Gasteiger partial charge on any atom is 0.299 e. The molecule has 3 aliphatic rings. The Bertz CT molecular complexity index is 1230. The van der Waals surface area contributed by atoms with E-state index in [-0.39, 0.29) is 28.3 Å². The second-order valence-corrected chi connectivity index (χ2v) is 11.2. The van der Waals surface area contributed by atoms with E-state index in [9.17, 15) is 4.79 Å². The monoisotopic (exact) mass is 528 g/mol. The number of hydrogen-bond donors (Lipinski definition) is 1. The van der Waals surface area contributed by atoms with E-state index < -0.39 is 0 Å². The summed E-state index contributed by atoms with van der Waals surface area (Å²) >= 11 is 1.27. The highest BCUT2D eigenvalue weighted by Gasteiger charge is 2.35. The lowest BCUT2D eigenvalue weighted by molar-refractivity contribution is 0.261. The molecule has 2 aliphatic heterocycles. The number of hydrazone groups is 1. The van der Waals surface area contributed by atoms with E-state index in [4.69, 9.17) is 14.5 Å². The van der Waals surface area contributed by atoms with Gasteiger partial charge >= 0.3 is 0 Å². The van der Waals surface area contributed by atoms with Crippen molar-refractivity contribution in [1.82, 2.24) is 5.43 Å². The molecule has 1 saturated carbocycles. The lowest BCUT2D eigenvalue weighted by Crippen LogP contribution is -2.42. The third kappa shape index (κ3) is 5.06. The Kier molecular flexibility index (Phi) is 7.57. The van der Waals surface area contributed by atoms with Gasteiger partial charge in [0.25, 0.3) is 5.24 Å². The Morgan fingerprint density at radius 2 is 1.89 bits per heavy atom. The van der Waals surface area contributed by atoms with Crippen LogP contribution in [0.4, 0.5) is 10.5 Å². The van der Waals surface area contributed by atoms with Crippen molar-refractivity contribution in [3.8, 4) is 11.5 Å². The molecule has 1 aliphatic carbocycles. The highest BCUT2D eigenvalue weighted by atomic mass is 35.5. The molecule has 36 heavy (non-hydrogen) atoms. The molecule has 7 nitrogen and oxygen atoms in total. The SMILES string of the molecule is COc1ccc(C(=NC2CC2)N2CCC(C)(C)c3cc(C4=NNC(=O)SC4C)ccc32)cc1OC.Cl. The molecule has 192 valence electrons. The number of methoxy groups -OCH3 is 2. The summed E-state index contributed by atoms with van der Waals surface area (Å²) in [5.74, 6) is 2.38. The van der Waals surface area contributed by atoms with Gasteiger partial charge in [0, 0.05) is 17.8 Å². The molecule has 1 unspecified atom stereocenters. The highest BCUT2D eigenvalue weighted by molar-refractivity contribution is 8.14. The van der Waals surface area contributed by atoms with Gasteiger partial charge in [0.05, 0.1) is 31.2 Å². The number of nitrogens with one attached hydrogen (secondary N) is 1. The number of nitrogens with zero attached hydrogens (tertiary/aromatic N) is 3. The minimum absolute atomic E-state index is 0. The second kappa shape index (κ2) is 10.3. The maximum atomic E-state index is 11.7. The smallest absolute Gasteiger partial charge is 0.299 e. The number of fused-ring (bicyclic) bond motifs is 1. The number of ether oxygens (including phenoxy) is 2. The van der Waals surface area contributed by atoms with Crippen molar-refractivity contribution in [3.05, 3.63) is 53.1 Å². The van der Waals surface area contributed by atoms with Gasteiger partial charge in [-0.2, -0.15) is 5.10 Å². The zero-order valence-corrected chi connectivity index (χ0v) is 23.0. The van der Waals surface area contributed by atoms with Crippen LogP contribution >= 0.6 is 24.2 Å². The molecule has 5 rings (SSSR count). The fourth-order valence-corrected chi connectivity index (χ4v) is 5.45. The fourth-order valence-electron chi connectivity index (χ4n) is 4.73. The topological polar surface area (TPSA) is 75.5 Å². The number of anilines is 1. The molecule has 1 atom stereocenters. The van der Waals surface area contributed by atoms with E-state index in [0.717, 1.165) is 48.5 Å². The van der Waals surface area contributed by atoms with Gasteiger partial charge in [-0.15, -0.1) is 12.4 Å². The third-order valence-corrected chi connectivity index (χ3v) is 7.84. The van der Waals surface area contributed by atoms with Crippen LogP contribution in [0, 0.1) is 0 Å². The average molecular weight is 529 g/mol. The fraction of sp³-hybridized carbons (Fsp3) is 0.444. The van der Waals surface area contributed by atoms with E-state index >= 15 is 0 Å². The van der Waals surface area contributed by atoms with Crippen molar-refractivity contribution in [1.29, 1.82) is 0 Å². The number of carbonyl (C=O) groups excluding carboxylic acids is 1. The first kappa shape index (κ1) is 26.4. The molecule has 2 aromatic rings. The number of aliphatic imine (C=N–C) groups is 1. The number of thioether (sulfide) groups is 1. The number of halogens is 1. The Balaban J connectivity index is 0.00000304. The molecule has 0 spiro atoms. The largest absolute Gasteiger partial charge is 0.493 e. The van der Waals surface area contributed by atoms with Crippen LogP contribution in [0.2, 0.25) is 0 Å². The molecule has 0 radical (unpaired) electrons. The van der Waals surface area contributed by atoms with E-state index in [2.05, 4.69) is 53.5 Å². The van der Waals surface area contributed by atoms with Crippen molar-refractivity contribution in [3.63, 3.8) is 0 Å². The van der Waals surface area contributed by atoms with Crippen molar-refractivity contribution in [2.75, 3.05) is 25.7 Å². The number of amidine groups is 1. The molecule has 1 fully saturated rings. The first-order chi connectivity index (χ1) is 16.8. The third-order valence-electron chi connectivity index (χ3n) is 6.96. The lowest BCUT2D eigenvalue weighted by atomic mass is 9.76. The Morgan fingerprint density at radius 1 is 1.14 bits per heavy atom. The van der Waals surface area contributed by atoms with Crippen LogP contribution in [0.5, 0.6) is 11.5 Å².